The smallest absolute Gasteiger partial charge is 0.416 e. The van der Waals surface area contributed by atoms with Gasteiger partial charge in [-0.05, 0) is 40.3 Å². The molecule has 0 N–H and O–H groups in total. The number of hydrogen-bond acceptors (Lipinski definition) is 5. The number of amides is 1. The van der Waals surface area contributed by atoms with Crippen LogP contribution in [0.2, 0.25) is 0 Å². The summed E-state index contributed by atoms with van der Waals surface area (Å²) in [6.07, 6.45) is 5.49. The Bertz CT molecular complexity index is 529. The number of piperidine rings is 1. The lowest BCUT2D eigenvalue weighted by molar-refractivity contribution is 0.175. The molecule has 3 heterocycles. The maximum Gasteiger partial charge on any atom is 0.416 e. The molecule has 1 atom stereocenters. The van der Waals surface area contributed by atoms with E-state index in [0.29, 0.717) is 18.3 Å². The Hall–Kier alpha value is -1.69. The van der Waals surface area contributed by atoms with Gasteiger partial charge < -0.3 is 9.64 Å². The van der Waals surface area contributed by atoms with Crippen molar-refractivity contribution in [3.63, 3.8) is 0 Å². The Labute approximate surface area is 125 Å². The van der Waals surface area contributed by atoms with Crippen molar-refractivity contribution in [2.75, 3.05) is 31.6 Å². The minimum Gasteiger partial charge on any atom is -0.447 e. The van der Waals surface area contributed by atoms with Gasteiger partial charge in [0, 0.05) is 12.5 Å². The molecule has 1 aromatic rings. The SMILES string of the molecule is CN1CCC[C@@H](c2cnc(N3C(=O)OCC3(C)C)cn2)C1. The van der Waals surface area contributed by atoms with E-state index in [2.05, 4.69) is 21.9 Å². The van der Waals surface area contributed by atoms with Crippen LogP contribution in [-0.2, 0) is 4.74 Å². The zero-order valence-electron chi connectivity index (χ0n) is 12.9. The predicted molar refractivity (Wildman–Crippen MR) is 79.4 cm³/mol. The summed E-state index contributed by atoms with van der Waals surface area (Å²) in [5, 5.41) is 0. The van der Waals surface area contributed by atoms with Crippen molar-refractivity contribution in [3.8, 4) is 0 Å². The molecule has 114 valence electrons. The van der Waals surface area contributed by atoms with Crippen LogP contribution in [-0.4, -0.2) is 53.2 Å². The van der Waals surface area contributed by atoms with Gasteiger partial charge in [-0.3, -0.25) is 9.88 Å². The second-order valence-electron chi connectivity index (χ2n) is 6.60. The van der Waals surface area contributed by atoms with Crippen molar-refractivity contribution in [2.24, 2.45) is 0 Å². The Kier molecular flexibility index (Phi) is 3.57. The first-order chi connectivity index (χ1) is 9.97. The maximum atomic E-state index is 11.8. The summed E-state index contributed by atoms with van der Waals surface area (Å²) < 4.78 is 5.11. The minimum atomic E-state index is -0.377. The number of hydrogen-bond donors (Lipinski definition) is 0. The monoisotopic (exact) mass is 290 g/mol. The van der Waals surface area contributed by atoms with E-state index >= 15 is 0 Å². The van der Waals surface area contributed by atoms with Crippen LogP contribution in [0.4, 0.5) is 10.6 Å². The highest BCUT2D eigenvalue weighted by Gasteiger charge is 2.42. The molecule has 0 saturated carbocycles. The molecule has 3 rings (SSSR count). The highest BCUT2D eigenvalue weighted by atomic mass is 16.6. The Morgan fingerprint density at radius 3 is 2.71 bits per heavy atom. The lowest BCUT2D eigenvalue weighted by Crippen LogP contribution is -2.42. The summed E-state index contributed by atoms with van der Waals surface area (Å²) >= 11 is 0. The first-order valence-corrected chi connectivity index (χ1v) is 7.45. The van der Waals surface area contributed by atoms with E-state index in [0.717, 1.165) is 25.2 Å². The molecule has 0 unspecified atom stereocenters. The summed E-state index contributed by atoms with van der Waals surface area (Å²) in [6.45, 7) is 6.47. The van der Waals surface area contributed by atoms with Crippen molar-refractivity contribution in [1.29, 1.82) is 0 Å². The number of cyclic esters (lactones) is 1. The van der Waals surface area contributed by atoms with Crippen molar-refractivity contribution < 1.29 is 9.53 Å². The van der Waals surface area contributed by atoms with Crippen molar-refractivity contribution in [2.45, 2.75) is 38.1 Å². The topological polar surface area (TPSA) is 58.6 Å². The summed E-state index contributed by atoms with van der Waals surface area (Å²) in [6, 6.07) is 0. The van der Waals surface area contributed by atoms with E-state index in [4.69, 9.17) is 4.74 Å². The van der Waals surface area contributed by atoms with E-state index in [9.17, 15) is 4.79 Å². The molecule has 6 nitrogen and oxygen atoms in total. The van der Waals surface area contributed by atoms with Crippen LogP contribution in [0.3, 0.4) is 0 Å². The van der Waals surface area contributed by atoms with E-state index in [1.165, 1.54) is 6.42 Å². The molecule has 6 heteroatoms. The number of anilines is 1. The average Bonchev–Trinajstić information content (AvgIpc) is 2.73. The molecular formula is C15H22N4O2. The Balaban J connectivity index is 1.79. The fourth-order valence-electron chi connectivity index (χ4n) is 3.08. The first kappa shape index (κ1) is 14.3. The molecule has 0 spiro atoms. The van der Waals surface area contributed by atoms with Crippen LogP contribution < -0.4 is 4.90 Å². The molecule has 21 heavy (non-hydrogen) atoms. The van der Waals surface area contributed by atoms with E-state index in [1.807, 2.05) is 13.8 Å². The van der Waals surface area contributed by atoms with Gasteiger partial charge in [0.2, 0.25) is 0 Å². The van der Waals surface area contributed by atoms with Gasteiger partial charge in [-0.2, -0.15) is 0 Å². The van der Waals surface area contributed by atoms with Crippen LogP contribution in [0.15, 0.2) is 12.4 Å². The molecule has 2 saturated heterocycles. The summed E-state index contributed by atoms with van der Waals surface area (Å²) in [7, 11) is 2.14. The second-order valence-corrected chi connectivity index (χ2v) is 6.60. The first-order valence-electron chi connectivity index (χ1n) is 7.45. The molecule has 0 bridgehead atoms. The Morgan fingerprint density at radius 2 is 2.14 bits per heavy atom. The quantitative estimate of drug-likeness (QED) is 0.834. The van der Waals surface area contributed by atoms with Gasteiger partial charge in [-0.15, -0.1) is 0 Å². The number of ether oxygens (including phenoxy) is 1. The zero-order chi connectivity index (χ0) is 15.0. The minimum absolute atomic E-state index is 0.348. The van der Waals surface area contributed by atoms with Gasteiger partial charge in [0.1, 0.15) is 6.61 Å². The van der Waals surface area contributed by atoms with E-state index in [-0.39, 0.29) is 11.6 Å². The van der Waals surface area contributed by atoms with Crippen LogP contribution in [0, 0.1) is 0 Å². The average molecular weight is 290 g/mol. The molecule has 0 aromatic carbocycles. The number of nitrogens with zero attached hydrogens (tertiary/aromatic N) is 4. The number of carbonyl (C=O) groups excluding carboxylic acids is 1. The van der Waals surface area contributed by atoms with Crippen molar-refractivity contribution in [1.82, 2.24) is 14.9 Å². The third kappa shape index (κ3) is 2.72. The molecule has 1 amide bonds. The van der Waals surface area contributed by atoms with Crippen LogP contribution in [0.1, 0.15) is 38.3 Å². The highest BCUT2D eigenvalue weighted by molar-refractivity contribution is 5.89. The van der Waals surface area contributed by atoms with Crippen LogP contribution >= 0.6 is 0 Å². The third-order valence-corrected chi connectivity index (χ3v) is 4.27. The van der Waals surface area contributed by atoms with Gasteiger partial charge in [0.05, 0.1) is 23.6 Å². The number of aromatic nitrogens is 2. The van der Waals surface area contributed by atoms with Crippen LogP contribution in [0.5, 0.6) is 0 Å². The number of carbonyl (C=O) groups is 1. The molecular weight excluding hydrogens is 268 g/mol. The molecule has 2 aliphatic rings. The molecule has 0 aliphatic carbocycles. The van der Waals surface area contributed by atoms with E-state index in [1.54, 1.807) is 17.3 Å². The van der Waals surface area contributed by atoms with Gasteiger partial charge in [-0.1, -0.05) is 0 Å². The fourth-order valence-corrected chi connectivity index (χ4v) is 3.08. The maximum absolute atomic E-state index is 11.8. The largest absolute Gasteiger partial charge is 0.447 e. The van der Waals surface area contributed by atoms with E-state index < -0.39 is 0 Å². The normalized spacial score (nSPS) is 26.0. The zero-order valence-corrected chi connectivity index (χ0v) is 12.9. The highest BCUT2D eigenvalue weighted by Crippen LogP contribution is 2.30. The van der Waals surface area contributed by atoms with Gasteiger partial charge >= 0.3 is 6.09 Å². The standard InChI is InChI=1S/C15H22N4O2/c1-15(2)10-21-14(20)19(15)13-8-16-12(7-17-13)11-5-4-6-18(3)9-11/h7-8,11H,4-6,9-10H2,1-3H3/t11-/m1/s1. The Morgan fingerprint density at radius 1 is 1.33 bits per heavy atom. The lowest BCUT2D eigenvalue weighted by Gasteiger charge is -2.30. The molecule has 2 fully saturated rings. The summed E-state index contributed by atoms with van der Waals surface area (Å²) in [4.78, 5) is 24.7. The summed E-state index contributed by atoms with van der Waals surface area (Å²) in [5.41, 5.74) is 0.633. The molecule has 1 aromatic heterocycles. The number of rotatable bonds is 2. The van der Waals surface area contributed by atoms with Gasteiger partial charge in [0.15, 0.2) is 5.82 Å². The summed E-state index contributed by atoms with van der Waals surface area (Å²) in [5.74, 6) is 0.999. The van der Waals surface area contributed by atoms with Gasteiger partial charge in [0.25, 0.3) is 0 Å². The lowest BCUT2D eigenvalue weighted by atomic mass is 9.95. The molecule has 2 aliphatic heterocycles. The predicted octanol–water partition coefficient (Wildman–Crippen LogP) is 2.02. The van der Waals surface area contributed by atoms with Crippen LogP contribution in [0.25, 0.3) is 0 Å². The number of likely N-dealkylation sites (N-methyl/N-ethyl adjacent to an activating group) is 1. The van der Waals surface area contributed by atoms with Crippen molar-refractivity contribution >= 4 is 11.9 Å². The molecule has 0 radical (unpaired) electrons. The fraction of sp³-hybridized carbons (Fsp3) is 0.667. The third-order valence-electron chi connectivity index (χ3n) is 4.27. The number of likely N-dealkylation sites (tertiary alicyclic amines) is 1. The second kappa shape index (κ2) is 5.26. The van der Waals surface area contributed by atoms with Gasteiger partial charge in [-0.25, -0.2) is 9.78 Å². The van der Waals surface area contributed by atoms with Crippen molar-refractivity contribution in [3.05, 3.63) is 18.1 Å².